The number of nitrogens with one attached hydrogen (secondary N) is 2. The van der Waals surface area contributed by atoms with E-state index in [4.69, 9.17) is 28.6 Å². The quantitative estimate of drug-likeness (QED) is 0.745. The maximum Gasteiger partial charge on any atom is 0.190 e. The molecule has 1 heterocycles. The Kier molecular flexibility index (Phi) is 5.78. The van der Waals surface area contributed by atoms with Gasteiger partial charge in [-0.25, -0.2) is 0 Å². The Balaban J connectivity index is 2.29. The van der Waals surface area contributed by atoms with E-state index in [0.29, 0.717) is 22.2 Å². The minimum Gasteiger partial charge on any atom is -0.331 e. The van der Waals surface area contributed by atoms with E-state index in [1.807, 2.05) is 6.08 Å². The van der Waals surface area contributed by atoms with Gasteiger partial charge in [0.05, 0.1) is 43.6 Å². The first-order valence-corrected chi connectivity index (χ1v) is 9.99. The van der Waals surface area contributed by atoms with Crippen LogP contribution in [0, 0.1) is 56.7 Å². The summed E-state index contributed by atoms with van der Waals surface area (Å²) in [6, 6.07) is 11.4. The van der Waals surface area contributed by atoms with Crippen LogP contribution in [0.25, 0.3) is 0 Å². The summed E-state index contributed by atoms with van der Waals surface area (Å²) < 4.78 is 0. The zero-order chi connectivity index (χ0) is 20.5. The van der Waals surface area contributed by atoms with E-state index in [1.54, 1.807) is 18.2 Å². The summed E-state index contributed by atoms with van der Waals surface area (Å²) in [6.45, 7) is 4.49. The maximum absolute atomic E-state index is 10.1. The van der Waals surface area contributed by atoms with Gasteiger partial charge in [-0.05, 0) is 35.8 Å². The van der Waals surface area contributed by atoms with Gasteiger partial charge in [0.25, 0.3) is 0 Å². The SMILES string of the molecule is CCC[NH+]1CC=C2C(C#N)C(=N)C(C#N)(C#N)[C@@H](c3c(Cl)cccc3Cl)[C@@H]2C1. The lowest BCUT2D eigenvalue weighted by molar-refractivity contribution is -0.899. The molecule has 1 aliphatic heterocycles. The molecule has 2 aliphatic rings. The minimum atomic E-state index is -1.79. The van der Waals surface area contributed by atoms with Gasteiger partial charge in [0.1, 0.15) is 5.92 Å². The molecule has 5 nitrogen and oxygen atoms in total. The number of quaternary nitrogens is 1. The van der Waals surface area contributed by atoms with Gasteiger partial charge in [-0.3, -0.25) is 0 Å². The standard InChI is InChI=1S/C21H19Cl2N5/c1-2-7-28-8-6-13-14(9-24)20(27)21(11-25,12-26)19(15(13)10-28)18-16(22)4-3-5-17(18)23/h3-6,14-15,19,27H,2,7-8,10H2,1H3/p+1/t14?,15-,19-/m1/s1. The van der Waals surface area contributed by atoms with Crippen molar-refractivity contribution in [1.82, 2.24) is 0 Å². The van der Waals surface area contributed by atoms with Crippen molar-refractivity contribution in [3.8, 4) is 18.2 Å². The van der Waals surface area contributed by atoms with Gasteiger partial charge in [0, 0.05) is 21.9 Å². The highest BCUT2D eigenvalue weighted by atomic mass is 35.5. The summed E-state index contributed by atoms with van der Waals surface area (Å²) in [6.07, 6.45) is 3.01. The molecule has 1 aromatic carbocycles. The van der Waals surface area contributed by atoms with E-state index in [0.717, 1.165) is 25.1 Å². The van der Waals surface area contributed by atoms with E-state index in [2.05, 4.69) is 25.1 Å². The summed E-state index contributed by atoms with van der Waals surface area (Å²) in [5.41, 5.74) is -0.633. The topological polar surface area (TPSA) is 99.7 Å². The van der Waals surface area contributed by atoms with Crippen molar-refractivity contribution in [1.29, 1.82) is 21.2 Å². The van der Waals surface area contributed by atoms with E-state index in [9.17, 15) is 15.8 Å². The molecule has 142 valence electrons. The summed E-state index contributed by atoms with van der Waals surface area (Å²) in [7, 11) is 0. The third kappa shape index (κ3) is 2.99. The molecule has 0 aromatic heterocycles. The Morgan fingerprint density at radius 2 is 1.86 bits per heavy atom. The first-order valence-electron chi connectivity index (χ1n) is 9.23. The molecule has 2 N–H and O–H groups in total. The summed E-state index contributed by atoms with van der Waals surface area (Å²) in [4.78, 5) is 1.32. The van der Waals surface area contributed by atoms with Gasteiger partial charge in [-0.2, -0.15) is 15.8 Å². The molecule has 1 aliphatic carbocycles. The van der Waals surface area contributed by atoms with Gasteiger partial charge in [-0.1, -0.05) is 36.2 Å². The molecule has 0 amide bonds. The van der Waals surface area contributed by atoms with Crippen molar-refractivity contribution in [2.45, 2.75) is 19.3 Å². The van der Waals surface area contributed by atoms with Crippen molar-refractivity contribution in [3.63, 3.8) is 0 Å². The van der Waals surface area contributed by atoms with Crippen molar-refractivity contribution in [2.24, 2.45) is 17.3 Å². The fraction of sp³-hybridized carbons (Fsp3) is 0.429. The lowest BCUT2D eigenvalue weighted by atomic mass is 9.54. The van der Waals surface area contributed by atoms with Gasteiger partial charge in [-0.15, -0.1) is 0 Å². The molecule has 0 spiro atoms. The first-order chi connectivity index (χ1) is 13.4. The number of hydrogen-bond acceptors (Lipinski definition) is 4. The number of nitriles is 3. The molecule has 2 unspecified atom stereocenters. The molecule has 0 bridgehead atoms. The molecule has 0 radical (unpaired) electrons. The third-order valence-corrected chi connectivity index (χ3v) is 6.53. The average Bonchev–Trinajstić information content (AvgIpc) is 2.69. The largest absolute Gasteiger partial charge is 0.331 e. The van der Waals surface area contributed by atoms with Crippen LogP contribution in [0.4, 0.5) is 0 Å². The predicted octanol–water partition coefficient (Wildman–Crippen LogP) is 3.13. The van der Waals surface area contributed by atoms with Gasteiger partial charge in [0.15, 0.2) is 5.41 Å². The summed E-state index contributed by atoms with van der Waals surface area (Å²) in [5.74, 6) is -1.82. The number of fused-ring (bicyclic) bond motifs is 1. The lowest BCUT2D eigenvalue weighted by Gasteiger charge is -2.46. The highest BCUT2D eigenvalue weighted by Crippen LogP contribution is 2.54. The normalized spacial score (nSPS) is 28.3. The Morgan fingerprint density at radius 1 is 1.21 bits per heavy atom. The molecule has 1 saturated carbocycles. The highest BCUT2D eigenvalue weighted by molar-refractivity contribution is 6.36. The van der Waals surface area contributed by atoms with Crippen molar-refractivity contribution in [2.75, 3.05) is 19.6 Å². The van der Waals surface area contributed by atoms with Crippen LogP contribution >= 0.6 is 23.2 Å². The van der Waals surface area contributed by atoms with Crippen LogP contribution in [0.5, 0.6) is 0 Å². The van der Waals surface area contributed by atoms with Crippen LogP contribution in [0.1, 0.15) is 24.8 Å². The Hall–Kier alpha value is -2.36. The number of halogens is 2. The minimum absolute atomic E-state index is 0.178. The van der Waals surface area contributed by atoms with E-state index < -0.39 is 17.3 Å². The lowest BCUT2D eigenvalue weighted by Crippen LogP contribution is -3.13. The van der Waals surface area contributed by atoms with Crippen molar-refractivity contribution < 1.29 is 4.90 Å². The second-order valence-electron chi connectivity index (χ2n) is 7.34. The van der Waals surface area contributed by atoms with Crippen molar-refractivity contribution in [3.05, 3.63) is 45.5 Å². The van der Waals surface area contributed by atoms with E-state index in [-0.39, 0.29) is 11.6 Å². The molecular formula is C21H20Cl2N5+. The molecule has 0 saturated heterocycles. The van der Waals surface area contributed by atoms with Crippen LogP contribution in [0.2, 0.25) is 10.0 Å². The number of rotatable bonds is 3. The van der Waals surface area contributed by atoms with Crippen LogP contribution in [-0.4, -0.2) is 25.3 Å². The van der Waals surface area contributed by atoms with Gasteiger partial charge < -0.3 is 10.3 Å². The molecule has 28 heavy (non-hydrogen) atoms. The van der Waals surface area contributed by atoms with Crippen LogP contribution in [0.15, 0.2) is 29.8 Å². The predicted molar refractivity (Wildman–Crippen MR) is 107 cm³/mol. The third-order valence-electron chi connectivity index (χ3n) is 5.87. The van der Waals surface area contributed by atoms with Crippen LogP contribution in [-0.2, 0) is 0 Å². The number of hydrogen-bond donors (Lipinski definition) is 2. The summed E-state index contributed by atoms with van der Waals surface area (Å²) >= 11 is 13.0. The molecule has 3 rings (SSSR count). The number of nitrogens with zero attached hydrogens (tertiary/aromatic N) is 3. The summed E-state index contributed by atoms with van der Waals surface area (Å²) in [5, 5.41) is 39.2. The maximum atomic E-state index is 10.1. The second kappa shape index (κ2) is 7.94. The Labute approximate surface area is 174 Å². The average molecular weight is 413 g/mol. The monoisotopic (exact) mass is 412 g/mol. The highest BCUT2D eigenvalue weighted by Gasteiger charge is 2.59. The second-order valence-corrected chi connectivity index (χ2v) is 8.15. The molecule has 1 fully saturated rings. The van der Waals surface area contributed by atoms with Crippen LogP contribution in [0.3, 0.4) is 0 Å². The van der Waals surface area contributed by atoms with E-state index in [1.165, 1.54) is 4.90 Å². The fourth-order valence-corrected chi connectivity index (χ4v) is 5.27. The zero-order valence-corrected chi connectivity index (χ0v) is 17.0. The van der Waals surface area contributed by atoms with Crippen LogP contribution < -0.4 is 4.90 Å². The number of benzene rings is 1. The molecule has 1 aromatic rings. The smallest absolute Gasteiger partial charge is 0.190 e. The molecular weight excluding hydrogens is 393 g/mol. The Morgan fingerprint density at radius 3 is 2.39 bits per heavy atom. The molecule has 7 heteroatoms. The van der Waals surface area contributed by atoms with E-state index >= 15 is 0 Å². The Bertz CT molecular complexity index is 928. The van der Waals surface area contributed by atoms with Gasteiger partial charge in [0.2, 0.25) is 0 Å². The van der Waals surface area contributed by atoms with Gasteiger partial charge >= 0.3 is 0 Å². The molecule has 4 atom stereocenters. The zero-order valence-electron chi connectivity index (χ0n) is 15.5. The van der Waals surface area contributed by atoms with Crippen molar-refractivity contribution >= 4 is 28.9 Å². The first kappa shape index (κ1) is 20.4. The fourth-order valence-electron chi connectivity index (χ4n) is 4.64.